The minimum atomic E-state index is -0.940. The van der Waals surface area contributed by atoms with Crippen molar-refractivity contribution in [1.82, 2.24) is 4.90 Å². The van der Waals surface area contributed by atoms with Crippen molar-refractivity contribution in [3.8, 4) is 11.5 Å². The van der Waals surface area contributed by atoms with E-state index in [-0.39, 0.29) is 11.8 Å². The lowest BCUT2D eigenvalue weighted by atomic mass is 9.72. The van der Waals surface area contributed by atoms with E-state index in [4.69, 9.17) is 15.2 Å². The second kappa shape index (κ2) is 8.27. The molecule has 1 saturated heterocycles. The summed E-state index contributed by atoms with van der Waals surface area (Å²) in [6, 6.07) is 4.87. The number of amides is 1. The van der Waals surface area contributed by atoms with Gasteiger partial charge in [-0.1, -0.05) is 13.0 Å². The number of carbonyl (C=O) groups is 1. The molecule has 0 radical (unpaired) electrons. The van der Waals surface area contributed by atoms with Crippen LogP contribution in [0.15, 0.2) is 18.2 Å². The minimum Gasteiger partial charge on any atom is -0.493 e. The summed E-state index contributed by atoms with van der Waals surface area (Å²) in [6.45, 7) is 4.83. The zero-order chi connectivity index (χ0) is 20.5. The van der Waals surface area contributed by atoms with Crippen LogP contribution in [-0.2, 0) is 4.79 Å². The van der Waals surface area contributed by atoms with E-state index in [1.165, 1.54) is 12.8 Å². The van der Waals surface area contributed by atoms with Gasteiger partial charge in [-0.25, -0.2) is 0 Å². The molecule has 2 fully saturated rings. The van der Waals surface area contributed by atoms with Gasteiger partial charge in [-0.05, 0) is 43.4 Å². The Labute approximate surface area is 166 Å². The van der Waals surface area contributed by atoms with Crippen molar-refractivity contribution in [2.75, 3.05) is 33.4 Å². The van der Waals surface area contributed by atoms with Crippen molar-refractivity contribution in [3.63, 3.8) is 0 Å². The third-order valence-electron chi connectivity index (χ3n) is 6.27. The average Bonchev–Trinajstić information content (AvgIpc) is 3.45. The number of nitrogens with zero attached hydrogens (tertiary/aromatic N) is 1. The summed E-state index contributed by atoms with van der Waals surface area (Å²) in [7, 11) is 1.62. The summed E-state index contributed by atoms with van der Waals surface area (Å²) in [5.41, 5.74) is 6.19. The zero-order valence-corrected chi connectivity index (χ0v) is 16.9. The van der Waals surface area contributed by atoms with Gasteiger partial charge in [0.1, 0.15) is 6.04 Å². The van der Waals surface area contributed by atoms with Gasteiger partial charge < -0.3 is 30.3 Å². The van der Waals surface area contributed by atoms with Gasteiger partial charge >= 0.3 is 0 Å². The number of carbonyl (C=O) groups excluding carboxylic acids is 1. The Kier molecular flexibility index (Phi) is 6.17. The molecular weight excluding hydrogens is 360 g/mol. The highest BCUT2D eigenvalue weighted by Crippen LogP contribution is 2.47. The molecule has 4 atom stereocenters. The van der Waals surface area contributed by atoms with Crippen molar-refractivity contribution in [1.29, 1.82) is 0 Å². The number of ether oxygens (including phenoxy) is 2. The van der Waals surface area contributed by atoms with Crippen LogP contribution in [-0.4, -0.2) is 66.6 Å². The van der Waals surface area contributed by atoms with Crippen LogP contribution in [0.5, 0.6) is 11.5 Å². The molecule has 2 aliphatic rings. The van der Waals surface area contributed by atoms with E-state index in [0.29, 0.717) is 37.1 Å². The van der Waals surface area contributed by atoms with Crippen molar-refractivity contribution in [3.05, 3.63) is 23.8 Å². The number of nitrogens with two attached hydrogens (primary N) is 1. The molecule has 0 bridgehead atoms. The molecule has 0 aromatic heterocycles. The first-order chi connectivity index (χ1) is 13.3. The fourth-order valence-electron chi connectivity index (χ4n) is 3.92. The smallest absolute Gasteiger partial charge is 0.241 e. The average molecular weight is 392 g/mol. The molecule has 1 aromatic rings. The maximum absolute atomic E-state index is 12.5. The third kappa shape index (κ3) is 4.11. The van der Waals surface area contributed by atoms with Gasteiger partial charge in [-0.3, -0.25) is 4.79 Å². The maximum atomic E-state index is 12.5. The molecule has 1 aliphatic carbocycles. The summed E-state index contributed by atoms with van der Waals surface area (Å²) in [4.78, 5) is 14.2. The lowest BCUT2D eigenvalue weighted by Crippen LogP contribution is -2.46. The monoisotopic (exact) mass is 392 g/mol. The summed E-state index contributed by atoms with van der Waals surface area (Å²) >= 11 is 0. The molecule has 7 heteroatoms. The SMILES string of the molecule is COc1ccc([C@@H]2CN(C(=O)[C@H](N)CO)C[C@@]2(C)[C@@H](C)O)cc1OCC1CC1. The third-order valence-corrected chi connectivity index (χ3v) is 6.27. The highest BCUT2D eigenvalue weighted by atomic mass is 16.5. The van der Waals surface area contributed by atoms with Gasteiger partial charge in [0, 0.05) is 24.4 Å². The number of rotatable bonds is 8. The van der Waals surface area contributed by atoms with Crippen molar-refractivity contribution in [2.45, 2.75) is 44.8 Å². The van der Waals surface area contributed by atoms with Crippen molar-refractivity contribution in [2.24, 2.45) is 17.1 Å². The van der Waals surface area contributed by atoms with Crippen molar-refractivity contribution < 1.29 is 24.5 Å². The van der Waals surface area contributed by atoms with Gasteiger partial charge in [0.15, 0.2) is 11.5 Å². The van der Waals surface area contributed by atoms with Crippen LogP contribution >= 0.6 is 0 Å². The quantitative estimate of drug-likeness (QED) is 0.612. The van der Waals surface area contributed by atoms with E-state index in [1.54, 1.807) is 18.9 Å². The van der Waals surface area contributed by atoms with E-state index in [0.717, 1.165) is 5.56 Å². The van der Waals surface area contributed by atoms with E-state index >= 15 is 0 Å². The largest absolute Gasteiger partial charge is 0.493 e. The van der Waals surface area contributed by atoms with Crippen LogP contribution in [0.3, 0.4) is 0 Å². The maximum Gasteiger partial charge on any atom is 0.241 e. The van der Waals surface area contributed by atoms with Crippen LogP contribution in [0.4, 0.5) is 0 Å². The Morgan fingerprint density at radius 2 is 2.11 bits per heavy atom. The number of hydrogen-bond donors (Lipinski definition) is 3. The lowest BCUT2D eigenvalue weighted by Gasteiger charge is -2.34. The molecule has 1 amide bonds. The van der Waals surface area contributed by atoms with Crippen LogP contribution in [0.1, 0.15) is 38.2 Å². The highest BCUT2D eigenvalue weighted by molar-refractivity contribution is 5.82. The topological polar surface area (TPSA) is 105 Å². The Morgan fingerprint density at radius 3 is 2.68 bits per heavy atom. The molecule has 1 saturated carbocycles. The fraction of sp³-hybridized carbons (Fsp3) is 0.667. The van der Waals surface area contributed by atoms with Gasteiger partial charge in [-0.2, -0.15) is 0 Å². The number of methoxy groups -OCH3 is 1. The molecule has 0 unspecified atom stereocenters. The van der Waals surface area contributed by atoms with Gasteiger partial charge in [0.05, 0.1) is 26.4 Å². The predicted octanol–water partition coefficient (Wildman–Crippen LogP) is 1.12. The van der Waals surface area contributed by atoms with E-state index in [1.807, 2.05) is 25.1 Å². The van der Waals surface area contributed by atoms with E-state index in [2.05, 4.69) is 0 Å². The number of aliphatic hydroxyl groups excluding tert-OH is 2. The van der Waals surface area contributed by atoms with Gasteiger partial charge in [-0.15, -0.1) is 0 Å². The van der Waals surface area contributed by atoms with Crippen molar-refractivity contribution >= 4 is 5.91 Å². The molecule has 0 spiro atoms. The first kappa shape index (κ1) is 20.9. The predicted molar refractivity (Wildman–Crippen MR) is 105 cm³/mol. The van der Waals surface area contributed by atoms with Crippen LogP contribution < -0.4 is 15.2 Å². The first-order valence-electron chi connectivity index (χ1n) is 9.94. The summed E-state index contributed by atoms with van der Waals surface area (Å²) in [5, 5.41) is 19.8. The molecule has 156 valence electrons. The first-order valence-corrected chi connectivity index (χ1v) is 9.94. The lowest BCUT2D eigenvalue weighted by molar-refractivity contribution is -0.133. The van der Waals surface area contributed by atoms with Gasteiger partial charge in [0.2, 0.25) is 5.91 Å². The van der Waals surface area contributed by atoms with E-state index in [9.17, 15) is 15.0 Å². The Morgan fingerprint density at radius 1 is 1.39 bits per heavy atom. The number of likely N-dealkylation sites (tertiary alicyclic amines) is 1. The van der Waals surface area contributed by atoms with Crippen LogP contribution in [0.25, 0.3) is 0 Å². The summed E-state index contributed by atoms with van der Waals surface area (Å²) in [6.07, 6.45) is 1.78. The summed E-state index contributed by atoms with van der Waals surface area (Å²) < 4.78 is 11.4. The highest BCUT2D eigenvalue weighted by Gasteiger charge is 2.49. The molecule has 1 aromatic carbocycles. The molecule has 4 N–H and O–H groups in total. The Balaban J connectivity index is 1.88. The second-order valence-corrected chi connectivity index (χ2v) is 8.41. The molecule has 7 nitrogen and oxygen atoms in total. The number of benzene rings is 1. The van der Waals surface area contributed by atoms with Crippen LogP contribution in [0, 0.1) is 11.3 Å². The number of hydrogen-bond acceptors (Lipinski definition) is 6. The standard InChI is InChI=1S/C21H32N2O5/c1-13(25)21(2)12-23(20(26)17(22)10-24)9-16(21)15-6-7-18(27-3)19(8-15)28-11-14-4-5-14/h6-8,13-14,16-17,24-25H,4-5,9-12,22H2,1-3H3/t13-,16+,17-,21+/m1/s1. The second-order valence-electron chi connectivity index (χ2n) is 8.41. The minimum absolute atomic E-state index is 0.0866. The molecule has 1 aliphatic heterocycles. The van der Waals surface area contributed by atoms with E-state index < -0.39 is 24.2 Å². The number of aliphatic hydroxyl groups is 2. The summed E-state index contributed by atoms with van der Waals surface area (Å²) in [5.74, 6) is 1.61. The molecule has 3 rings (SSSR count). The zero-order valence-electron chi connectivity index (χ0n) is 16.9. The molecular formula is C21H32N2O5. The Bertz CT molecular complexity index is 706. The molecule has 1 heterocycles. The normalized spacial score (nSPS) is 26.8. The molecule has 28 heavy (non-hydrogen) atoms. The van der Waals surface area contributed by atoms with Crippen LogP contribution in [0.2, 0.25) is 0 Å². The Hall–Kier alpha value is -1.83. The fourth-order valence-corrected chi connectivity index (χ4v) is 3.92. The van der Waals surface area contributed by atoms with Gasteiger partial charge in [0.25, 0.3) is 0 Å².